The highest BCUT2D eigenvalue weighted by molar-refractivity contribution is 8.00. The van der Waals surface area contributed by atoms with Crippen LogP contribution in [0.25, 0.3) is 0 Å². The minimum atomic E-state index is -0.849. The highest BCUT2D eigenvalue weighted by atomic mass is 32.2. The monoisotopic (exact) mass is 357 g/mol. The van der Waals surface area contributed by atoms with Gasteiger partial charge in [-0.05, 0) is 33.1 Å². The van der Waals surface area contributed by atoms with Gasteiger partial charge in [-0.2, -0.15) is 11.8 Å². The Morgan fingerprint density at radius 2 is 2.04 bits per heavy atom. The topological polar surface area (TPSA) is 108 Å². The van der Waals surface area contributed by atoms with Gasteiger partial charge >= 0.3 is 12.0 Å². The van der Waals surface area contributed by atoms with Gasteiger partial charge in [0.15, 0.2) is 0 Å². The Kier molecular flexibility index (Phi) is 6.37. The fourth-order valence-corrected chi connectivity index (χ4v) is 4.74. The predicted octanol–water partition coefficient (Wildman–Crippen LogP) is 1.47. The molecule has 0 saturated carbocycles. The first kappa shape index (κ1) is 18.9. The molecule has 0 spiro atoms. The molecule has 0 bridgehead atoms. The van der Waals surface area contributed by atoms with Gasteiger partial charge in [-0.15, -0.1) is 0 Å². The molecule has 24 heavy (non-hydrogen) atoms. The fourth-order valence-electron chi connectivity index (χ4n) is 3.20. The highest BCUT2D eigenvalue weighted by Gasteiger charge is 2.42. The Balaban J connectivity index is 1.61. The summed E-state index contributed by atoms with van der Waals surface area (Å²) in [5, 5.41) is 17.9. The molecule has 0 aromatic heterocycles. The Morgan fingerprint density at radius 1 is 1.29 bits per heavy atom. The van der Waals surface area contributed by atoms with Crippen LogP contribution in [0.15, 0.2) is 0 Å². The van der Waals surface area contributed by atoms with Crippen LogP contribution in [0.3, 0.4) is 0 Å². The second-order valence-corrected chi connectivity index (χ2v) is 8.47. The van der Waals surface area contributed by atoms with E-state index in [9.17, 15) is 14.4 Å². The lowest BCUT2D eigenvalue weighted by molar-refractivity contribution is -0.137. The number of rotatable bonds is 9. The number of carbonyl (C=O) groups is 3. The molecule has 2 aliphatic rings. The molecule has 2 saturated heterocycles. The zero-order valence-corrected chi connectivity index (χ0v) is 15.1. The molecule has 8 heteroatoms. The van der Waals surface area contributed by atoms with Crippen molar-refractivity contribution in [2.45, 2.75) is 75.2 Å². The molecule has 2 heterocycles. The number of nitrogens with one attached hydrogen (secondary N) is 3. The SMILES string of the molecule is CC(C)(CCC(=O)O)NC(=O)CCCCC1SCC2NC(=O)NC21. The number of amides is 3. The van der Waals surface area contributed by atoms with Crippen molar-refractivity contribution in [1.29, 1.82) is 0 Å². The Bertz CT molecular complexity index is 498. The number of hydrogen-bond donors (Lipinski definition) is 4. The Labute approximate surface area is 146 Å². The molecule has 7 nitrogen and oxygen atoms in total. The fraction of sp³-hybridized carbons (Fsp3) is 0.812. The zero-order chi connectivity index (χ0) is 17.7. The van der Waals surface area contributed by atoms with Crippen molar-refractivity contribution in [2.24, 2.45) is 0 Å². The van der Waals surface area contributed by atoms with Crippen LogP contribution in [-0.4, -0.2) is 51.6 Å². The zero-order valence-electron chi connectivity index (χ0n) is 14.3. The summed E-state index contributed by atoms with van der Waals surface area (Å²) in [7, 11) is 0. The van der Waals surface area contributed by atoms with Crippen LogP contribution < -0.4 is 16.0 Å². The second kappa shape index (κ2) is 8.09. The number of fused-ring (bicyclic) bond motifs is 1. The normalized spacial score (nSPS) is 25.8. The van der Waals surface area contributed by atoms with E-state index in [4.69, 9.17) is 5.11 Å². The van der Waals surface area contributed by atoms with Crippen LogP contribution in [0.4, 0.5) is 4.79 Å². The summed E-state index contributed by atoms with van der Waals surface area (Å²) in [6.07, 6.45) is 3.66. The average molecular weight is 357 g/mol. The summed E-state index contributed by atoms with van der Waals surface area (Å²) < 4.78 is 0. The van der Waals surface area contributed by atoms with Crippen LogP contribution in [-0.2, 0) is 9.59 Å². The van der Waals surface area contributed by atoms with E-state index < -0.39 is 11.5 Å². The minimum Gasteiger partial charge on any atom is -0.481 e. The van der Waals surface area contributed by atoms with Gasteiger partial charge in [0.1, 0.15) is 0 Å². The van der Waals surface area contributed by atoms with E-state index in [0.717, 1.165) is 25.0 Å². The van der Waals surface area contributed by atoms with Crippen molar-refractivity contribution in [3.05, 3.63) is 0 Å². The van der Waals surface area contributed by atoms with Crippen molar-refractivity contribution < 1.29 is 19.5 Å². The van der Waals surface area contributed by atoms with Crippen molar-refractivity contribution in [2.75, 3.05) is 5.75 Å². The van der Waals surface area contributed by atoms with Gasteiger partial charge in [0.05, 0.1) is 12.1 Å². The first-order chi connectivity index (χ1) is 11.3. The molecule has 4 N–H and O–H groups in total. The standard InChI is InChI=1S/C16H27N3O4S/c1-16(2,8-7-13(21)22)19-12(20)6-4-3-5-11-14-10(9-24-11)17-15(23)18-14/h10-11,14H,3-9H2,1-2H3,(H,19,20)(H,21,22)(H2,17,18,23). The van der Waals surface area contributed by atoms with Crippen LogP contribution in [0.2, 0.25) is 0 Å². The van der Waals surface area contributed by atoms with Crippen LogP contribution >= 0.6 is 11.8 Å². The number of aliphatic carboxylic acids is 1. The average Bonchev–Trinajstić information content (AvgIpc) is 3.01. The number of unbranched alkanes of at least 4 members (excludes halogenated alkanes) is 1. The molecule has 3 atom stereocenters. The Morgan fingerprint density at radius 3 is 2.75 bits per heavy atom. The van der Waals surface area contributed by atoms with E-state index in [1.165, 1.54) is 0 Å². The lowest BCUT2D eigenvalue weighted by atomic mass is 9.97. The second-order valence-electron chi connectivity index (χ2n) is 7.19. The van der Waals surface area contributed by atoms with E-state index in [-0.39, 0.29) is 30.4 Å². The van der Waals surface area contributed by atoms with Crippen LogP contribution in [0.1, 0.15) is 52.4 Å². The highest BCUT2D eigenvalue weighted by Crippen LogP contribution is 2.33. The van der Waals surface area contributed by atoms with Gasteiger partial charge in [0.25, 0.3) is 0 Å². The van der Waals surface area contributed by atoms with Gasteiger partial charge in [0.2, 0.25) is 5.91 Å². The number of thioether (sulfide) groups is 1. The summed E-state index contributed by atoms with van der Waals surface area (Å²) >= 11 is 1.88. The molecule has 136 valence electrons. The molecule has 0 aromatic carbocycles. The maximum absolute atomic E-state index is 12.0. The summed E-state index contributed by atoms with van der Waals surface area (Å²) in [6.45, 7) is 3.69. The maximum atomic E-state index is 12.0. The predicted molar refractivity (Wildman–Crippen MR) is 93.0 cm³/mol. The molecule has 3 unspecified atom stereocenters. The van der Waals surface area contributed by atoms with Crippen LogP contribution in [0, 0.1) is 0 Å². The first-order valence-corrected chi connectivity index (χ1v) is 9.53. The van der Waals surface area contributed by atoms with Gasteiger partial charge in [-0.1, -0.05) is 6.42 Å². The quantitative estimate of drug-likeness (QED) is 0.369. The number of carbonyl (C=O) groups excluding carboxylic acids is 2. The summed E-state index contributed by atoms with van der Waals surface area (Å²) in [6, 6.07) is 0.385. The van der Waals surface area contributed by atoms with E-state index in [0.29, 0.717) is 18.1 Å². The third-order valence-corrected chi connectivity index (χ3v) is 6.03. The first-order valence-electron chi connectivity index (χ1n) is 8.48. The number of urea groups is 1. The Hall–Kier alpha value is -1.44. The summed E-state index contributed by atoms with van der Waals surface area (Å²) in [5.41, 5.74) is -0.496. The maximum Gasteiger partial charge on any atom is 0.315 e. The van der Waals surface area contributed by atoms with Crippen molar-refractivity contribution in [3.8, 4) is 0 Å². The molecule has 2 fully saturated rings. The van der Waals surface area contributed by atoms with Crippen molar-refractivity contribution in [1.82, 2.24) is 16.0 Å². The van der Waals surface area contributed by atoms with E-state index in [1.54, 1.807) is 0 Å². The van der Waals surface area contributed by atoms with Crippen molar-refractivity contribution in [3.63, 3.8) is 0 Å². The molecule has 0 radical (unpaired) electrons. The molecule has 0 aliphatic carbocycles. The number of carboxylic acid groups (broad SMARTS) is 1. The third-order valence-electron chi connectivity index (χ3n) is 4.52. The number of hydrogen-bond acceptors (Lipinski definition) is 4. The lowest BCUT2D eigenvalue weighted by Crippen LogP contribution is -2.43. The van der Waals surface area contributed by atoms with E-state index in [2.05, 4.69) is 16.0 Å². The lowest BCUT2D eigenvalue weighted by Gasteiger charge is -2.25. The third kappa shape index (κ3) is 5.58. The molecule has 2 aliphatic heterocycles. The van der Waals surface area contributed by atoms with Gasteiger partial charge in [0, 0.05) is 29.4 Å². The number of carboxylic acids is 1. The molecule has 2 rings (SSSR count). The molecule has 3 amide bonds. The van der Waals surface area contributed by atoms with E-state index >= 15 is 0 Å². The minimum absolute atomic E-state index is 0.0295. The van der Waals surface area contributed by atoms with Crippen molar-refractivity contribution >= 4 is 29.7 Å². The smallest absolute Gasteiger partial charge is 0.315 e. The summed E-state index contributed by atoms with van der Waals surface area (Å²) in [5.74, 6) is 0.0724. The van der Waals surface area contributed by atoms with Gasteiger partial charge in [-0.25, -0.2) is 4.79 Å². The van der Waals surface area contributed by atoms with Gasteiger partial charge < -0.3 is 21.1 Å². The van der Waals surface area contributed by atoms with E-state index in [1.807, 2.05) is 25.6 Å². The van der Waals surface area contributed by atoms with Gasteiger partial charge in [-0.3, -0.25) is 9.59 Å². The molecular formula is C16H27N3O4S. The molecular weight excluding hydrogens is 330 g/mol. The van der Waals surface area contributed by atoms with Crippen LogP contribution in [0.5, 0.6) is 0 Å². The summed E-state index contributed by atoms with van der Waals surface area (Å²) in [4.78, 5) is 33.9. The molecule has 0 aromatic rings. The largest absolute Gasteiger partial charge is 0.481 e.